The molecular weight excluding hydrogens is 281 g/mol. The van der Waals surface area contributed by atoms with E-state index in [1.165, 1.54) is 6.20 Å². The highest BCUT2D eigenvalue weighted by molar-refractivity contribution is 6.34. The minimum absolute atomic E-state index is 0.00754. The predicted molar refractivity (Wildman–Crippen MR) is 73.5 cm³/mol. The summed E-state index contributed by atoms with van der Waals surface area (Å²) >= 11 is 0. The van der Waals surface area contributed by atoms with Crippen LogP contribution in [0.15, 0.2) is 24.0 Å². The summed E-state index contributed by atoms with van der Waals surface area (Å²) < 4.78 is 13.7. The van der Waals surface area contributed by atoms with Gasteiger partial charge in [-0.05, 0) is 6.42 Å². The lowest BCUT2D eigenvalue weighted by Gasteiger charge is -2.29. The molecule has 8 heteroatoms. The number of benzene rings is 1. The number of nitrogens with zero attached hydrogens (tertiary/aromatic N) is 2. The minimum atomic E-state index is -0.958. The number of nitrogens with one attached hydrogen (secondary N) is 1. The van der Waals surface area contributed by atoms with Crippen molar-refractivity contribution in [3.05, 3.63) is 40.0 Å². The molecular formula is C13H12FN3O4. The van der Waals surface area contributed by atoms with Gasteiger partial charge in [-0.3, -0.25) is 19.7 Å². The first-order valence-corrected chi connectivity index (χ1v) is 6.20. The second-order valence-electron chi connectivity index (χ2n) is 4.42. The van der Waals surface area contributed by atoms with E-state index < -0.39 is 22.2 Å². The predicted octanol–water partition coefficient (Wildman–Crippen LogP) is 1.99. The molecule has 0 radical (unpaired) electrons. The smallest absolute Gasteiger partial charge is 0.307 e. The van der Waals surface area contributed by atoms with Crippen molar-refractivity contribution < 1.29 is 18.9 Å². The number of halogens is 1. The zero-order chi connectivity index (χ0) is 15.6. The fourth-order valence-electron chi connectivity index (χ4n) is 2.05. The molecule has 1 aliphatic rings. The van der Waals surface area contributed by atoms with Crippen LogP contribution in [0, 0.1) is 15.9 Å². The Hall–Kier alpha value is -2.77. The Bertz CT molecular complexity index is 657. The fourth-order valence-corrected chi connectivity index (χ4v) is 2.05. The first-order valence-electron chi connectivity index (χ1n) is 6.20. The zero-order valence-electron chi connectivity index (χ0n) is 11.1. The molecule has 110 valence electrons. The van der Waals surface area contributed by atoms with Gasteiger partial charge in [0, 0.05) is 24.9 Å². The number of ketones is 1. The molecule has 0 saturated carbocycles. The van der Waals surface area contributed by atoms with E-state index in [-0.39, 0.29) is 17.7 Å². The lowest BCUT2D eigenvalue weighted by Crippen LogP contribution is -2.28. The van der Waals surface area contributed by atoms with E-state index in [0.717, 1.165) is 12.1 Å². The first-order chi connectivity index (χ1) is 9.97. The molecule has 1 aliphatic heterocycles. The normalized spacial score (nSPS) is 13.0. The van der Waals surface area contributed by atoms with Gasteiger partial charge < -0.3 is 10.2 Å². The van der Waals surface area contributed by atoms with Gasteiger partial charge in [-0.2, -0.15) is 4.39 Å². The Morgan fingerprint density at radius 3 is 2.81 bits per heavy atom. The van der Waals surface area contributed by atoms with Crippen molar-refractivity contribution in [2.45, 2.75) is 13.3 Å². The molecule has 1 N–H and O–H groups in total. The summed E-state index contributed by atoms with van der Waals surface area (Å²) in [5, 5.41) is 13.4. The van der Waals surface area contributed by atoms with Gasteiger partial charge in [0.25, 0.3) is 0 Å². The highest BCUT2D eigenvalue weighted by Gasteiger charge is 2.25. The highest BCUT2D eigenvalue weighted by atomic mass is 19.1. The van der Waals surface area contributed by atoms with Gasteiger partial charge in [-0.1, -0.05) is 6.92 Å². The molecule has 0 aliphatic carbocycles. The molecule has 0 fully saturated rings. The Labute approximate surface area is 119 Å². The number of carbonyl (C=O) groups excluding carboxylic acids is 2. The molecule has 2 rings (SSSR count). The van der Waals surface area contributed by atoms with Crippen molar-refractivity contribution in [1.29, 1.82) is 0 Å². The van der Waals surface area contributed by atoms with Gasteiger partial charge >= 0.3 is 5.69 Å². The number of hydrogen-bond acceptors (Lipinski definition) is 6. The third-order valence-corrected chi connectivity index (χ3v) is 2.96. The van der Waals surface area contributed by atoms with E-state index >= 15 is 0 Å². The van der Waals surface area contributed by atoms with Gasteiger partial charge in [0.2, 0.25) is 11.6 Å². The van der Waals surface area contributed by atoms with Crippen LogP contribution in [0.3, 0.4) is 0 Å². The summed E-state index contributed by atoms with van der Waals surface area (Å²) in [4.78, 5) is 33.6. The average Bonchev–Trinajstić information content (AvgIpc) is 2.46. The van der Waals surface area contributed by atoms with E-state index in [9.17, 15) is 24.1 Å². The van der Waals surface area contributed by atoms with Crippen molar-refractivity contribution in [2.24, 2.45) is 0 Å². The number of Topliss-reactive ketones (excluding diaryl/α,β-unsaturated/α-hetero) is 1. The molecule has 0 atom stereocenters. The molecule has 21 heavy (non-hydrogen) atoms. The molecule has 0 aromatic heterocycles. The fraction of sp³-hybridized carbons (Fsp3) is 0.231. The van der Waals surface area contributed by atoms with Gasteiger partial charge in [0.05, 0.1) is 16.3 Å². The number of allylic oxidation sites excluding steroid dienone is 1. The van der Waals surface area contributed by atoms with Crippen LogP contribution < -0.4 is 10.2 Å². The molecule has 1 aromatic carbocycles. The molecule has 7 nitrogen and oxygen atoms in total. The van der Waals surface area contributed by atoms with E-state index in [1.807, 2.05) is 6.92 Å². The molecule has 0 amide bonds. The maximum Gasteiger partial charge on any atom is 0.307 e. The number of aldehydes is 1. The summed E-state index contributed by atoms with van der Waals surface area (Å²) in [6, 6.07) is 2.05. The minimum Gasteiger partial charge on any atom is -0.349 e. The van der Waals surface area contributed by atoms with Gasteiger partial charge in [0.1, 0.15) is 5.70 Å². The molecule has 0 unspecified atom stereocenters. The standard InChI is InChI=1S/C13H12FN3O4/c1-2-3-16-6-10(13(19)7-18)15-9-5-11(17(20)21)8(14)4-12(9)16/h4-7,15H,2-3H2,1H3. The summed E-state index contributed by atoms with van der Waals surface area (Å²) in [6.07, 6.45) is 2.25. The van der Waals surface area contributed by atoms with Crippen molar-refractivity contribution in [2.75, 3.05) is 16.8 Å². The number of nitro benzene ring substituents is 1. The Kier molecular flexibility index (Phi) is 3.97. The topological polar surface area (TPSA) is 92.6 Å². The second kappa shape index (κ2) is 5.70. The van der Waals surface area contributed by atoms with Gasteiger partial charge in [-0.25, -0.2) is 0 Å². The highest BCUT2D eigenvalue weighted by Crippen LogP contribution is 2.36. The maximum atomic E-state index is 13.7. The number of hydrogen-bond donors (Lipinski definition) is 1. The summed E-state index contributed by atoms with van der Waals surface area (Å²) in [5.41, 5.74) is -0.115. The molecule has 0 saturated heterocycles. The van der Waals surface area contributed by atoms with E-state index in [0.29, 0.717) is 18.7 Å². The first kappa shape index (κ1) is 14.6. The van der Waals surface area contributed by atoms with Crippen molar-refractivity contribution in [3.63, 3.8) is 0 Å². The number of rotatable bonds is 5. The van der Waals surface area contributed by atoms with Crippen LogP contribution in [0.25, 0.3) is 0 Å². The second-order valence-corrected chi connectivity index (χ2v) is 4.42. The molecule has 1 heterocycles. The Morgan fingerprint density at radius 1 is 1.52 bits per heavy atom. The van der Waals surface area contributed by atoms with Crippen molar-refractivity contribution in [3.8, 4) is 0 Å². The molecule has 1 aromatic rings. The third kappa shape index (κ3) is 2.73. The van der Waals surface area contributed by atoms with E-state index in [1.54, 1.807) is 4.90 Å². The van der Waals surface area contributed by atoms with Gasteiger partial charge in [-0.15, -0.1) is 0 Å². The zero-order valence-corrected chi connectivity index (χ0v) is 11.1. The van der Waals surface area contributed by atoms with Crippen LogP contribution in [0.4, 0.5) is 21.5 Å². The summed E-state index contributed by atoms with van der Waals surface area (Å²) in [7, 11) is 0. The van der Waals surface area contributed by atoms with Crippen LogP contribution in [-0.2, 0) is 9.59 Å². The average molecular weight is 293 g/mol. The SMILES string of the molecule is CCCN1C=C(C(=O)C=O)Nc2cc([N+](=O)[O-])c(F)cc21. The van der Waals surface area contributed by atoms with Gasteiger partial charge in [0.15, 0.2) is 6.29 Å². The van der Waals surface area contributed by atoms with Crippen LogP contribution >= 0.6 is 0 Å². The monoisotopic (exact) mass is 293 g/mol. The number of carbonyl (C=O) groups is 2. The van der Waals surface area contributed by atoms with Crippen LogP contribution in [0.1, 0.15) is 13.3 Å². The number of nitro groups is 1. The van der Waals surface area contributed by atoms with E-state index in [4.69, 9.17) is 0 Å². The lowest BCUT2D eigenvalue weighted by molar-refractivity contribution is -0.387. The van der Waals surface area contributed by atoms with Crippen LogP contribution in [0.2, 0.25) is 0 Å². The number of fused-ring (bicyclic) bond motifs is 1. The molecule has 0 spiro atoms. The third-order valence-electron chi connectivity index (χ3n) is 2.96. The van der Waals surface area contributed by atoms with Crippen LogP contribution in [-0.4, -0.2) is 23.5 Å². The van der Waals surface area contributed by atoms with Crippen LogP contribution in [0.5, 0.6) is 0 Å². The lowest BCUT2D eigenvalue weighted by atomic mass is 10.1. The summed E-state index contributed by atoms with van der Waals surface area (Å²) in [5.74, 6) is -1.74. The van der Waals surface area contributed by atoms with E-state index in [2.05, 4.69) is 5.32 Å². The maximum absolute atomic E-state index is 13.7. The quantitative estimate of drug-likeness (QED) is 0.386. The Balaban J connectivity index is 2.53. The van der Waals surface area contributed by atoms with Crippen molar-refractivity contribution in [1.82, 2.24) is 0 Å². The Morgan fingerprint density at radius 2 is 2.24 bits per heavy atom. The largest absolute Gasteiger partial charge is 0.349 e. The summed E-state index contributed by atoms with van der Waals surface area (Å²) in [6.45, 7) is 2.36. The number of anilines is 2. The van der Waals surface area contributed by atoms with Crippen molar-refractivity contribution >= 4 is 29.1 Å². The molecule has 0 bridgehead atoms.